The van der Waals surface area contributed by atoms with E-state index in [1.807, 2.05) is 35.8 Å². The van der Waals surface area contributed by atoms with Gasteiger partial charge in [0.25, 0.3) is 0 Å². The molecule has 0 spiro atoms. The highest BCUT2D eigenvalue weighted by molar-refractivity contribution is 9.10. The molecule has 1 unspecified atom stereocenters. The second-order valence-electron chi connectivity index (χ2n) is 4.99. The van der Waals surface area contributed by atoms with Crippen LogP contribution in [0.25, 0.3) is 10.9 Å². The van der Waals surface area contributed by atoms with Crippen molar-refractivity contribution >= 4 is 32.7 Å². The van der Waals surface area contributed by atoms with E-state index >= 15 is 0 Å². The van der Waals surface area contributed by atoms with Crippen molar-refractivity contribution in [3.8, 4) is 0 Å². The van der Waals surface area contributed by atoms with Crippen molar-refractivity contribution in [1.29, 1.82) is 0 Å². The molecule has 5 heteroatoms. The van der Waals surface area contributed by atoms with Gasteiger partial charge in [0.2, 0.25) is 5.91 Å². The van der Waals surface area contributed by atoms with Gasteiger partial charge in [-0.3, -0.25) is 4.79 Å². The lowest BCUT2D eigenvalue weighted by Gasteiger charge is -2.10. The van der Waals surface area contributed by atoms with Crippen LogP contribution in [0, 0.1) is 6.92 Å². The fourth-order valence-electron chi connectivity index (χ4n) is 2.21. The topological polar surface area (TPSA) is 54.3 Å². The van der Waals surface area contributed by atoms with Crippen LogP contribution in [-0.2, 0) is 11.3 Å². The summed E-state index contributed by atoms with van der Waals surface area (Å²) in [6, 6.07) is 8.00. The lowest BCUT2D eigenvalue weighted by molar-refractivity contribution is -0.121. The molecule has 1 aromatic heterocycles. The second kappa shape index (κ2) is 6.41. The molecule has 0 saturated heterocycles. The Labute approximate surface area is 126 Å². The molecule has 2 aromatic rings. The first-order valence-corrected chi connectivity index (χ1v) is 7.48. The molecule has 1 aromatic carbocycles. The number of benzene rings is 1. The zero-order valence-electron chi connectivity index (χ0n) is 11.7. The summed E-state index contributed by atoms with van der Waals surface area (Å²) in [5.74, 6) is -0.0398. The Morgan fingerprint density at radius 1 is 1.45 bits per heavy atom. The summed E-state index contributed by atoms with van der Waals surface area (Å²) in [7, 11) is 0. The third-order valence-corrected chi connectivity index (χ3v) is 4.34. The summed E-state index contributed by atoms with van der Waals surface area (Å²) in [4.78, 5) is 12.0. The molecule has 2 rings (SSSR count). The Bertz CT molecular complexity index is 620. The number of aliphatic hydroxyl groups excluding tert-OH is 1. The Morgan fingerprint density at radius 3 is 2.85 bits per heavy atom. The number of para-hydroxylation sites is 1. The van der Waals surface area contributed by atoms with E-state index in [0.717, 1.165) is 21.1 Å². The maximum atomic E-state index is 12.0. The van der Waals surface area contributed by atoms with E-state index in [1.165, 1.54) is 0 Å². The number of aliphatic hydroxyl groups is 1. The highest BCUT2D eigenvalue weighted by atomic mass is 79.9. The number of amides is 1. The van der Waals surface area contributed by atoms with Crippen molar-refractivity contribution in [1.82, 2.24) is 9.88 Å². The monoisotopic (exact) mass is 338 g/mol. The molecule has 0 fully saturated rings. The van der Waals surface area contributed by atoms with Crippen molar-refractivity contribution in [2.75, 3.05) is 6.54 Å². The summed E-state index contributed by atoms with van der Waals surface area (Å²) in [5, 5.41) is 13.1. The molecule has 0 aliphatic heterocycles. The third kappa shape index (κ3) is 3.22. The first-order chi connectivity index (χ1) is 9.50. The molecule has 0 aliphatic rings. The summed E-state index contributed by atoms with van der Waals surface area (Å²) >= 11 is 3.58. The van der Waals surface area contributed by atoms with E-state index in [4.69, 9.17) is 0 Å². The van der Waals surface area contributed by atoms with E-state index < -0.39 is 6.10 Å². The van der Waals surface area contributed by atoms with Crippen molar-refractivity contribution in [3.63, 3.8) is 0 Å². The number of rotatable bonds is 5. The summed E-state index contributed by atoms with van der Waals surface area (Å²) in [5.41, 5.74) is 2.08. The minimum atomic E-state index is -0.390. The molecule has 20 heavy (non-hydrogen) atoms. The number of hydrogen-bond donors (Lipinski definition) is 2. The van der Waals surface area contributed by atoms with Crippen molar-refractivity contribution in [3.05, 3.63) is 34.4 Å². The number of carbonyl (C=O) groups is 1. The Balaban J connectivity index is 2.13. The van der Waals surface area contributed by atoms with Gasteiger partial charge in [-0.05, 0) is 42.3 Å². The van der Waals surface area contributed by atoms with Crippen LogP contribution >= 0.6 is 15.9 Å². The minimum absolute atomic E-state index is 0.0398. The van der Waals surface area contributed by atoms with Gasteiger partial charge in [0.05, 0.1) is 6.10 Å². The van der Waals surface area contributed by atoms with Crippen molar-refractivity contribution in [2.45, 2.75) is 32.9 Å². The van der Waals surface area contributed by atoms with Crippen LogP contribution in [0.3, 0.4) is 0 Å². The Morgan fingerprint density at radius 2 is 2.15 bits per heavy atom. The van der Waals surface area contributed by atoms with E-state index in [0.29, 0.717) is 13.0 Å². The lowest BCUT2D eigenvalue weighted by atomic mass is 10.2. The molecule has 1 atom stereocenters. The SMILES string of the molecule is Cc1c(Br)c2ccccc2n1CC(=O)NCCC(C)O. The first-order valence-electron chi connectivity index (χ1n) is 6.68. The van der Waals surface area contributed by atoms with E-state index in [1.54, 1.807) is 6.92 Å². The molecule has 0 bridgehead atoms. The number of aromatic nitrogens is 1. The number of hydrogen-bond acceptors (Lipinski definition) is 2. The lowest BCUT2D eigenvalue weighted by Crippen LogP contribution is -2.30. The van der Waals surface area contributed by atoms with Gasteiger partial charge in [0.15, 0.2) is 0 Å². The molecule has 2 N–H and O–H groups in total. The van der Waals surface area contributed by atoms with E-state index in [9.17, 15) is 9.90 Å². The number of nitrogens with one attached hydrogen (secondary N) is 1. The molecule has 1 amide bonds. The van der Waals surface area contributed by atoms with Gasteiger partial charge in [0, 0.05) is 27.6 Å². The molecule has 108 valence electrons. The van der Waals surface area contributed by atoms with E-state index in [-0.39, 0.29) is 12.5 Å². The maximum Gasteiger partial charge on any atom is 0.239 e. The van der Waals surface area contributed by atoms with Gasteiger partial charge in [-0.2, -0.15) is 0 Å². The normalized spacial score (nSPS) is 12.6. The first kappa shape index (κ1) is 15.1. The molecule has 4 nitrogen and oxygen atoms in total. The van der Waals surface area contributed by atoms with Gasteiger partial charge in [-0.15, -0.1) is 0 Å². The maximum absolute atomic E-state index is 12.0. The highest BCUT2D eigenvalue weighted by Crippen LogP contribution is 2.30. The van der Waals surface area contributed by atoms with Crippen LogP contribution < -0.4 is 5.32 Å². The van der Waals surface area contributed by atoms with Crippen LogP contribution in [-0.4, -0.2) is 28.2 Å². The fourth-order valence-corrected chi connectivity index (χ4v) is 2.76. The predicted octanol–water partition coefficient (Wildman–Crippen LogP) is 2.60. The zero-order valence-corrected chi connectivity index (χ0v) is 13.3. The van der Waals surface area contributed by atoms with Crippen LogP contribution in [0.2, 0.25) is 0 Å². The van der Waals surface area contributed by atoms with Gasteiger partial charge in [-0.25, -0.2) is 0 Å². The van der Waals surface area contributed by atoms with Crippen LogP contribution in [0.4, 0.5) is 0 Å². The largest absolute Gasteiger partial charge is 0.393 e. The van der Waals surface area contributed by atoms with Crippen molar-refractivity contribution in [2.24, 2.45) is 0 Å². The summed E-state index contributed by atoms with van der Waals surface area (Å²) < 4.78 is 3.03. The quantitative estimate of drug-likeness (QED) is 0.880. The fraction of sp³-hybridized carbons (Fsp3) is 0.400. The molecule has 0 saturated carbocycles. The highest BCUT2D eigenvalue weighted by Gasteiger charge is 2.13. The summed E-state index contributed by atoms with van der Waals surface area (Å²) in [6.45, 7) is 4.49. The van der Waals surface area contributed by atoms with E-state index in [2.05, 4.69) is 21.2 Å². The minimum Gasteiger partial charge on any atom is -0.393 e. The molecule has 0 aliphatic carbocycles. The van der Waals surface area contributed by atoms with Crippen LogP contribution in [0.1, 0.15) is 19.0 Å². The number of halogens is 1. The molecule has 1 heterocycles. The molecule has 0 radical (unpaired) electrons. The van der Waals surface area contributed by atoms with Crippen molar-refractivity contribution < 1.29 is 9.90 Å². The van der Waals surface area contributed by atoms with Gasteiger partial charge >= 0.3 is 0 Å². The predicted molar refractivity (Wildman–Crippen MR) is 83.7 cm³/mol. The average Bonchev–Trinajstić information content (AvgIpc) is 2.64. The second-order valence-corrected chi connectivity index (χ2v) is 5.78. The third-order valence-electron chi connectivity index (χ3n) is 3.34. The summed E-state index contributed by atoms with van der Waals surface area (Å²) in [6.07, 6.45) is 0.180. The number of nitrogens with zero attached hydrogens (tertiary/aromatic N) is 1. The van der Waals surface area contributed by atoms with Gasteiger partial charge < -0.3 is 15.0 Å². The van der Waals surface area contributed by atoms with Crippen LogP contribution in [0.5, 0.6) is 0 Å². The smallest absolute Gasteiger partial charge is 0.239 e. The Kier molecular flexibility index (Phi) is 4.83. The molecular weight excluding hydrogens is 320 g/mol. The number of carbonyl (C=O) groups excluding carboxylic acids is 1. The van der Waals surface area contributed by atoms with Crippen LogP contribution in [0.15, 0.2) is 28.7 Å². The standard InChI is InChI=1S/C15H19BrN2O2/c1-10(19)7-8-17-14(20)9-18-11(2)15(16)12-5-3-4-6-13(12)18/h3-6,10,19H,7-9H2,1-2H3,(H,17,20). The van der Waals surface area contributed by atoms with Gasteiger partial charge in [-0.1, -0.05) is 18.2 Å². The number of fused-ring (bicyclic) bond motifs is 1. The van der Waals surface area contributed by atoms with Gasteiger partial charge in [0.1, 0.15) is 6.54 Å². The average molecular weight is 339 g/mol. The Hall–Kier alpha value is -1.33. The molecular formula is C15H19BrN2O2. The zero-order chi connectivity index (χ0) is 14.7.